The summed E-state index contributed by atoms with van der Waals surface area (Å²) < 4.78 is 0. The van der Waals surface area contributed by atoms with Gasteiger partial charge in [-0.15, -0.1) is 0 Å². The summed E-state index contributed by atoms with van der Waals surface area (Å²) in [5.74, 6) is -2.94. The van der Waals surface area contributed by atoms with Gasteiger partial charge in [0.25, 0.3) is 5.91 Å². The lowest BCUT2D eigenvalue weighted by atomic mass is 9.74. The maximum Gasteiger partial charge on any atom is 0.252 e. The van der Waals surface area contributed by atoms with Gasteiger partial charge in [0.15, 0.2) is 17.0 Å². The quantitative estimate of drug-likeness (QED) is 0.273. The van der Waals surface area contributed by atoms with Crippen LogP contribution in [0.25, 0.3) is 0 Å². The number of nitrogens with two attached hydrogens (primary N) is 3. The molecule has 9 N–H and O–H groups in total. The summed E-state index contributed by atoms with van der Waals surface area (Å²) in [6.07, 6.45) is 4.19. The van der Waals surface area contributed by atoms with Crippen LogP contribution in [0.5, 0.6) is 0 Å². The van der Waals surface area contributed by atoms with Gasteiger partial charge in [0.2, 0.25) is 0 Å². The molecular formula is C12H25BrN4O3. The van der Waals surface area contributed by atoms with Crippen molar-refractivity contribution in [2.75, 3.05) is 6.54 Å². The number of primary amides is 1. The molecule has 8 heteroatoms. The van der Waals surface area contributed by atoms with E-state index in [0.717, 1.165) is 32.6 Å². The Bertz CT molecular complexity index is 365. The number of hydrogen-bond donors (Lipinski definition) is 6. The van der Waals surface area contributed by atoms with E-state index in [1.807, 2.05) is 0 Å². The van der Waals surface area contributed by atoms with E-state index in [2.05, 4.69) is 21.2 Å². The van der Waals surface area contributed by atoms with Crippen molar-refractivity contribution in [3.05, 3.63) is 0 Å². The molecule has 118 valence electrons. The lowest BCUT2D eigenvalue weighted by Crippen LogP contribution is -2.85. The molecule has 0 saturated carbocycles. The highest BCUT2D eigenvalue weighted by Crippen LogP contribution is 2.38. The molecule has 1 fully saturated rings. The van der Waals surface area contributed by atoms with Gasteiger partial charge >= 0.3 is 0 Å². The van der Waals surface area contributed by atoms with Crippen LogP contribution in [0.3, 0.4) is 0 Å². The van der Waals surface area contributed by atoms with Gasteiger partial charge < -0.3 is 15.9 Å². The van der Waals surface area contributed by atoms with Gasteiger partial charge in [-0.05, 0) is 26.3 Å². The zero-order chi connectivity index (χ0) is 15.6. The highest BCUT2D eigenvalue weighted by atomic mass is 79.9. The highest BCUT2D eigenvalue weighted by Gasteiger charge is 2.63. The molecule has 1 aliphatic heterocycles. The number of hydrogen-bond acceptors (Lipinski definition) is 6. The number of nitrogens with one attached hydrogen (secondary N) is 1. The molecule has 1 saturated heterocycles. The fourth-order valence-electron chi connectivity index (χ4n) is 2.60. The summed E-state index contributed by atoms with van der Waals surface area (Å²) >= 11 is 3.32. The van der Waals surface area contributed by atoms with Crippen LogP contribution >= 0.6 is 15.9 Å². The lowest BCUT2D eigenvalue weighted by molar-refractivity contribution is -0.193. The Morgan fingerprint density at radius 1 is 1.35 bits per heavy atom. The van der Waals surface area contributed by atoms with E-state index in [1.54, 1.807) is 0 Å². The molecule has 7 nitrogen and oxygen atoms in total. The molecular weight excluding hydrogens is 328 g/mol. The molecule has 1 rings (SSSR count). The smallest absolute Gasteiger partial charge is 0.252 e. The van der Waals surface area contributed by atoms with Crippen LogP contribution in [-0.2, 0) is 4.79 Å². The van der Waals surface area contributed by atoms with Crippen LogP contribution in [0, 0.1) is 0 Å². The molecule has 0 radical (unpaired) electrons. The minimum atomic E-state index is -2.28. The zero-order valence-corrected chi connectivity index (χ0v) is 13.3. The second-order valence-electron chi connectivity index (χ2n) is 5.67. The normalized spacial score (nSPS) is 35.0. The van der Waals surface area contributed by atoms with Gasteiger partial charge in [-0.25, -0.2) is 0 Å². The third-order valence-electron chi connectivity index (χ3n) is 4.11. The van der Waals surface area contributed by atoms with Crippen molar-refractivity contribution in [3.63, 3.8) is 0 Å². The fraction of sp³-hybridized carbons (Fsp3) is 0.917. The number of amides is 1. The molecule has 0 aromatic rings. The van der Waals surface area contributed by atoms with E-state index in [1.165, 1.54) is 0 Å². The molecule has 1 heterocycles. The Hall–Kier alpha value is -0.250. The van der Waals surface area contributed by atoms with Crippen LogP contribution in [0.1, 0.15) is 39.0 Å². The second kappa shape index (κ2) is 6.25. The van der Waals surface area contributed by atoms with Crippen LogP contribution in [0.15, 0.2) is 0 Å². The summed E-state index contributed by atoms with van der Waals surface area (Å²) in [6.45, 7) is 1.61. The van der Waals surface area contributed by atoms with E-state index in [0.29, 0.717) is 13.0 Å². The molecule has 0 aliphatic carbocycles. The summed E-state index contributed by atoms with van der Waals surface area (Å²) in [5.41, 5.74) is 12.7. The molecule has 3 unspecified atom stereocenters. The molecule has 20 heavy (non-hydrogen) atoms. The monoisotopic (exact) mass is 352 g/mol. The first-order valence-electron chi connectivity index (χ1n) is 6.79. The Balaban J connectivity index is 3.25. The molecule has 0 aromatic heterocycles. The van der Waals surface area contributed by atoms with Gasteiger partial charge in [0.1, 0.15) is 0 Å². The first-order valence-corrected chi connectivity index (χ1v) is 7.70. The third kappa shape index (κ3) is 3.00. The number of carbonyl (C=O) groups excluding carboxylic acids is 1. The minimum Gasteiger partial charge on any atom is -0.380 e. The van der Waals surface area contributed by atoms with Crippen molar-refractivity contribution in [2.45, 2.75) is 60.8 Å². The van der Waals surface area contributed by atoms with Gasteiger partial charge in [-0.1, -0.05) is 35.2 Å². The number of alkyl halides is 1. The Morgan fingerprint density at radius 2 is 1.90 bits per heavy atom. The Labute approximate surface area is 127 Å². The Kier molecular flexibility index (Phi) is 5.56. The van der Waals surface area contributed by atoms with Crippen molar-refractivity contribution in [1.82, 2.24) is 5.32 Å². The van der Waals surface area contributed by atoms with Crippen LogP contribution in [-0.4, -0.2) is 44.5 Å². The average molecular weight is 353 g/mol. The van der Waals surface area contributed by atoms with Gasteiger partial charge in [0, 0.05) is 0 Å². The molecule has 0 bridgehead atoms. The number of aliphatic hydroxyl groups is 2. The van der Waals surface area contributed by atoms with E-state index in [9.17, 15) is 15.0 Å². The SMILES string of the molecule is CC(O)(C(N)=O)C1(O)C(Br)CCCCCCNC1(N)N. The predicted octanol–water partition coefficient (Wildman–Crippen LogP) is -1.16. The number of rotatable bonds is 2. The van der Waals surface area contributed by atoms with Gasteiger partial charge in [0.05, 0.1) is 4.83 Å². The summed E-state index contributed by atoms with van der Waals surface area (Å²) in [7, 11) is 0. The third-order valence-corrected chi connectivity index (χ3v) is 5.23. The van der Waals surface area contributed by atoms with E-state index in [4.69, 9.17) is 17.2 Å². The lowest BCUT2D eigenvalue weighted by Gasteiger charge is -2.51. The predicted molar refractivity (Wildman–Crippen MR) is 79.7 cm³/mol. The van der Waals surface area contributed by atoms with Crippen LogP contribution in [0.2, 0.25) is 0 Å². The Morgan fingerprint density at radius 3 is 2.45 bits per heavy atom. The molecule has 0 aromatic carbocycles. The van der Waals surface area contributed by atoms with E-state index < -0.39 is 27.7 Å². The maximum atomic E-state index is 11.6. The standard InChI is InChI=1S/C12H25BrN4O3/c1-10(19,9(14)18)11(20)8(13)6-4-2-3-5-7-17-12(11,15)16/h8,17,19-20H,2-7,15-16H2,1H3,(H2,14,18). The highest BCUT2D eigenvalue weighted by molar-refractivity contribution is 9.09. The van der Waals surface area contributed by atoms with Crippen molar-refractivity contribution >= 4 is 21.8 Å². The number of halogens is 1. The molecule has 0 spiro atoms. The van der Waals surface area contributed by atoms with E-state index >= 15 is 0 Å². The summed E-state index contributed by atoms with van der Waals surface area (Å²) in [4.78, 5) is 10.9. The van der Waals surface area contributed by atoms with Crippen molar-refractivity contribution in [2.24, 2.45) is 17.2 Å². The molecule has 3 atom stereocenters. The zero-order valence-electron chi connectivity index (χ0n) is 11.7. The van der Waals surface area contributed by atoms with Gasteiger partial charge in [-0.3, -0.25) is 21.6 Å². The maximum absolute atomic E-state index is 11.6. The van der Waals surface area contributed by atoms with Crippen LogP contribution < -0.4 is 22.5 Å². The number of carbonyl (C=O) groups is 1. The van der Waals surface area contributed by atoms with Gasteiger partial charge in [-0.2, -0.15) is 0 Å². The molecule has 1 aliphatic rings. The average Bonchev–Trinajstić information content (AvgIpc) is 2.34. The minimum absolute atomic E-state index is 0.476. The first kappa shape index (κ1) is 17.8. The topological polar surface area (TPSA) is 148 Å². The van der Waals surface area contributed by atoms with Crippen LogP contribution in [0.4, 0.5) is 0 Å². The van der Waals surface area contributed by atoms with Crippen molar-refractivity contribution in [1.29, 1.82) is 0 Å². The van der Waals surface area contributed by atoms with E-state index in [-0.39, 0.29) is 0 Å². The largest absolute Gasteiger partial charge is 0.380 e. The van der Waals surface area contributed by atoms with Crippen molar-refractivity contribution in [3.8, 4) is 0 Å². The second-order valence-corrected chi connectivity index (χ2v) is 6.77. The molecule has 1 amide bonds. The summed E-state index contributed by atoms with van der Waals surface area (Å²) in [5, 5.41) is 24.2. The summed E-state index contributed by atoms with van der Waals surface area (Å²) in [6, 6.07) is 0. The fourth-order valence-corrected chi connectivity index (χ4v) is 3.74. The van der Waals surface area contributed by atoms with Crippen molar-refractivity contribution < 1.29 is 15.0 Å². The first-order chi connectivity index (χ1) is 9.07.